The molecule has 0 aliphatic heterocycles. The normalized spacial score (nSPS) is 10.5. The standard InChI is InChI=1S/C16H11F2N3O/c17-12-8-13(18)10-14(9-12)20-16(22)11-2-4-15(5-3-11)21-7-1-6-19-21/h1-10H,(H,20,22). The first-order chi connectivity index (χ1) is 10.6. The minimum atomic E-state index is -0.746. The smallest absolute Gasteiger partial charge is 0.255 e. The van der Waals surface area contributed by atoms with Crippen LogP contribution >= 0.6 is 0 Å². The molecule has 2 aromatic carbocycles. The Labute approximate surface area is 125 Å². The van der Waals surface area contributed by atoms with Crippen molar-refractivity contribution in [2.75, 3.05) is 5.32 Å². The van der Waals surface area contributed by atoms with Crippen molar-refractivity contribution in [3.63, 3.8) is 0 Å². The van der Waals surface area contributed by atoms with Crippen LogP contribution in [0.1, 0.15) is 10.4 Å². The van der Waals surface area contributed by atoms with Gasteiger partial charge in [0, 0.05) is 29.7 Å². The SMILES string of the molecule is O=C(Nc1cc(F)cc(F)c1)c1ccc(-n2cccn2)cc1. The fourth-order valence-electron chi connectivity index (χ4n) is 2.02. The topological polar surface area (TPSA) is 46.9 Å². The predicted molar refractivity (Wildman–Crippen MR) is 77.9 cm³/mol. The average molecular weight is 299 g/mol. The van der Waals surface area contributed by atoms with E-state index < -0.39 is 17.5 Å². The van der Waals surface area contributed by atoms with Crippen LogP contribution in [0.2, 0.25) is 0 Å². The van der Waals surface area contributed by atoms with E-state index in [-0.39, 0.29) is 5.69 Å². The third-order valence-corrected chi connectivity index (χ3v) is 3.02. The van der Waals surface area contributed by atoms with Gasteiger partial charge in [-0.15, -0.1) is 0 Å². The summed E-state index contributed by atoms with van der Waals surface area (Å²) in [5.74, 6) is -1.94. The first-order valence-electron chi connectivity index (χ1n) is 6.49. The number of amides is 1. The Morgan fingerprint density at radius 3 is 2.32 bits per heavy atom. The lowest BCUT2D eigenvalue weighted by atomic mass is 10.2. The Morgan fingerprint density at radius 2 is 1.73 bits per heavy atom. The van der Waals surface area contributed by atoms with Gasteiger partial charge in [0.25, 0.3) is 5.91 Å². The lowest BCUT2D eigenvalue weighted by Gasteiger charge is -2.07. The number of hydrogen-bond donors (Lipinski definition) is 1. The van der Waals surface area contributed by atoms with Gasteiger partial charge in [0.15, 0.2) is 0 Å². The van der Waals surface area contributed by atoms with Crippen molar-refractivity contribution in [3.05, 3.63) is 78.1 Å². The molecule has 110 valence electrons. The second kappa shape index (κ2) is 5.77. The molecule has 0 radical (unpaired) electrons. The Hall–Kier alpha value is -3.02. The van der Waals surface area contributed by atoms with Crippen molar-refractivity contribution in [2.45, 2.75) is 0 Å². The number of rotatable bonds is 3. The number of carbonyl (C=O) groups excluding carboxylic acids is 1. The van der Waals surface area contributed by atoms with Gasteiger partial charge in [0.2, 0.25) is 0 Å². The number of anilines is 1. The van der Waals surface area contributed by atoms with Crippen LogP contribution in [0, 0.1) is 11.6 Å². The molecule has 0 aliphatic rings. The van der Waals surface area contributed by atoms with Gasteiger partial charge in [-0.05, 0) is 42.5 Å². The highest BCUT2D eigenvalue weighted by molar-refractivity contribution is 6.04. The molecule has 1 amide bonds. The van der Waals surface area contributed by atoms with Gasteiger partial charge < -0.3 is 5.32 Å². The molecule has 6 heteroatoms. The van der Waals surface area contributed by atoms with Crippen LogP contribution in [0.25, 0.3) is 5.69 Å². The van der Waals surface area contributed by atoms with Gasteiger partial charge in [-0.25, -0.2) is 13.5 Å². The quantitative estimate of drug-likeness (QED) is 0.805. The van der Waals surface area contributed by atoms with E-state index in [1.807, 2.05) is 0 Å². The summed E-state index contributed by atoms with van der Waals surface area (Å²) in [6.45, 7) is 0. The number of nitrogens with one attached hydrogen (secondary N) is 1. The first-order valence-corrected chi connectivity index (χ1v) is 6.49. The molecule has 1 N–H and O–H groups in total. The molecule has 0 spiro atoms. The van der Waals surface area contributed by atoms with Crippen LogP contribution in [0.4, 0.5) is 14.5 Å². The Balaban J connectivity index is 1.77. The average Bonchev–Trinajstić information content (AvgIpc) is 3.00. The summed E-state index contributed by atoms with van der Waals surface area (Å²) >= 11 is 0. The Bertz CT molecular complexity index is 779. The highest BCUT2D eigenvalue weighted by Gasteiger charge is 2.08. The van der Waals surface area contributed by atoms with Crippen LogP contribution in [0.3, 0.4) is 0 Å². The van der Waals surface area contributed by atoms with Gasteiger partial charge >= 0.3 is 0 Å². The fraction of sp³-hybridized carbons (Fsp3) is 0. The van der Waals surface area contributed by atoms with Crippen molar-refractivity contribution in [2.24, 2.45) is 0 Å². The zero-order chi connectivity index (χ0) is 15.5. The largest absolute Gasteiger partial charge is 0.322 e. The summed E-state index contributed by atoms with van der Waals surface area (Å²) in [5, 5.41) is 6.53. The van der Waals surface area contributed by atoms with E-state index in [4.69, 9.17) is 0 Å². The van der Waals surface area contributed by atoms with Gasteiger partial charge in [0.1, 0.15) is 11.6 Å². The first kappa shape index (κ1) is 13.9. The molecule has 0 fully saturated rings. The monoisotopic (exact) mass is 299 g/mol. The third-order valence-electron chi connectivity index (χ3n) is 3.02. The van der Waals surface area contributed by atoms with Crippen molar-refractivity contribution in [1.82, 2.24) is 9.78 Å². The molecule has 22 heavy (non-hydrogen) atoms. The van der Waals surface area contributed by atoms with Crippen molar-refractivity contribution >= 4 is 11.6 Å². The van der Waals surface area contributed by atoms with E-state index in [9.17, 15) is 13.6 Å². The molecule has 0 aliphatic carbocycles. The molecule has 0 atom stereocenters. The zero-order valence-corrected chi connectivity index (χ0v) is 11.3. The number of nitrogens with zero attached hydrogens (tertiary/aromatic N) is 2. The molecule has 1 heterocycles. The van der Waals surface area contributed by atoms with Crippen molar-refractivity contribution < 1.29 is 13.6 Å². The minimum Gasteiger partial charge on any atom is -0.322 e. The maximum atomic E-state index is 13.1. The van der Waals surface area contributed by atoms with Crippen molar-refractivity contribution in [3.8, 4) is 5.69 Å². The van der Waals surface area contributed by atoms with E-state index in [0.29, 0.717) is 5.56 Å². The second-order valence-corrected chi connectivity index (χ2v) is 4.61. The van der Waals surface area contributed by atoms with Gasteiger partial charge in [-0.2, -0.15) is 5.10 Å². The number of hydrogen-bond acceptors (Lipinski definition) is 2. The molecule has 0 bridgehead atoms. The van der Waals surface area contributed by atoms with Crippen molar-refractivity contribution in [1.29, 1.82) is 0 Å². The zero-order valence-electron chi connectivity index (χ0n) is 11.3. The maximum Gasteiger partial charge on any atom is 0.255 e. The molecular weight excluding hydrogens is 288 g/mol. The van der Waals surface area contributed by atoms with Crippen LogP contribution in [-0.2, 0) is 0 Å². The fourth-order valence-corrected chi connectivity index (χ4v) is 2.02. The van der Waals surface area contributed by atoms with Gasteiger partial charge in [-0.3, -0.25) is 4.79 Å². The third kappa shape index (κ3) is 3.01. The highest BCUT2D eigenvalue weighted by atomic mass is 19.1. The summed E-state index contributed by atoms with van der Waals surface area (Å²) in [5.41, 5.74) is 1.25. The second-order valence-electron chi connectivity index (χ2n) is 4.61. The molecule has 3 aromatic rings. The summed E-state index contributed by atoms with van der Waals surface area (Å²) in [6, 6.07) is 11.3. The predicted octanol–water partition coefficient (Wildman–Crippen LogP) is 3.40. The van der Waals surface area contributed by atoms with Crippen LogP contribution in [0.15, 0.2) is 60.9 Å². The van der Waals surface area contributed by atoms with E-state index in [1.165, 1.54) is 0 Å². The van der Waals surface area contributed by atoms with Gasteiger partial charge in [0.05, 0.1) is 5.69 Å². The summed E-state index contributed by atoms with van der Waals surface area (Å²) in [6.07, 6.45) is 3.43. The number of benzene rings is 2. The minimum absolute atomic E-state index is 0.0682. The summed E-state index contributed by atoms with van der Waals surface area (Å²) in [4.78, 5) is 12.1. The number of carbonyl (C=O) groups is 1. The maximum absolute atomic E-state index is 13.1. The Kier molecular flexibility index (Phi) is 3.65. The Morgan fingerprint density at radius 1 is 1.05 bits per heavy atom. The highest BCUT2D eigenvalue weighted by Crippen LogP contribution is 2.15. The van der Waals surface area contributed by atoms with E-state index >= 15 is 0 Å². The molecule has 0 saturated carbocycles. The van der Waals surface area contributed by atoms with Gasteiger partial charge in [-0.1, -0.05) is 0 Å². The number of aromatic nitrogens is 2. The van der Waals surface area contributed by atoms with E-state index in [2.05, 4.69) is 10.4 Å². The molecule has 4 nitrogen and oxygen atoms in total. The summed E-state index contributed by atoms with van der Waals surface area (Å²) in [7, 11) is 0. The molecule has 3 rings (SSSR count). The molecule has 1 aromatic heterocycles. The van der Waals surface area contributed by atoms with E-state index in [1.54, 1.807) is 47.4 Å². The van der Waals surface area contributed by atoms with E-state index in [0.717, 1.165) is 23.9 Å². The molecule has 0 unspecified atom stereocenters. The molecule has 0 saturated heterocycles. The summed E-state index contributed by atoms with van der Waals surface area (Å²) < 4.78 is 27.8. The van der Waals surface area contributed by atoms with Crippen LogP contribution in [0.5, 0.6) is 0 Å². The number of halogens is 2. The van der Waals surface area contributed by atoms with Crippen LogP contribution < -0.4 is 5.32 Å². The molecular formula is C16H11F2N3O. The lowest BCUT2D eigenvalue weighted by Crippen LogP contribution is -2.12. The van der Waals surface area contributed by atoms with Crippen LogP contribution in [-0.4, -0.2) is 15.7 Å². The lowest BCUT2D eigenvalue weighted by molar-refractivity contribution is 0.102.